The number of carbonyl (C=O) groups is 2. The van der Waals surface area contributed by atoms with Crippen LogP contribution in [0.4, 0.5) is 4.79 Å². The van der Waals surface area contributed by atoms with Gasteiger partial charge in [-0.1, -0.05) is 0 Å². The minimum absolute atomic E-state index is 0.0393. The van der Waals surface area contributed by atoms with Gasteiger partial charge in [0.15, 0.2) is 0 Å². The van der Waals surface area contributed by atoms with E-state index in [1.165, 1.54) is 7.11 Å². The summed E-state index contributed by atoms with van der Waals surface area (Å²) in [4.78, 5) is 30.9. The molecule has 3 saturated heterocycles. The molecular formula is C20H35N3O4. The summed E-state index contributed by atoms with van der Waals surface area (Å²) in [5, 5.41) is 0. The van der Waals surface area contributed by atoms with E-state index in [9.17, 15) is 9.59 Å². The number of hydrogen-bond donors (Lipinski definition) is 0. The third kappa shape index (κ3) is 4.93. The number of carbonyl (C=O) groups excluding carboxylic acids is 2. The maximum Gasteiger partial charge on any atom is 0.409 e. The Morgan fingerprint density at radius 3 is 2.30 bits per heavy atom. The van der Waals surface area contributed by atoms with Crippen LogP contribution in [0.1, 0.15) is 51.9 Å². The molecule has 154 valence electrons. The summed E-state index contributed by atoms with van der Waals surface area (Å²) in [6, 6.07) is 1.01. The molecule has 0 bridgehead atoms. The molecule has 27 heavy (non-hydrogen) atoms. The summed E-state index contributed by atoms with van der Waals surface area (Å²) < 4.78 is 10.2. The SMILES string of the molecule is CCOC(=O)N1CCCC(N2CCC(N3CCCC3C(=O)OC)CC2)CC1. The lowest BCUT2D eigenvalue weighted by Gasteiger charge is -2.41. The molecule has 3 fully saturated rings. The number of amides is 1. The molecule has 0 aliphatic carbocycles. The highest BCUT2D eigenvalue weighted by atomic mass is 16.6. The summed E-state index contributed by atoms with van der Waals surface area (Å²) in [7, 11) is 1.49. The number of methoxy groups -OCH3 is 1. The van der Waals surface area contributed by atoms with E-state index in [1.54, 1.807) is 0 Å². The second-order valence-electron chi connectivity index (χ2n) is 7.96. The van der Waals surface area contributed by atoms with E-state index in [0.29, 0.717) is 18.7 Å². The third-order valence-electron chi connectivity index (χ3n) is 6.48. The number of esters is 1. The maximum atomic E-state index is 12.0. The van der Waals surface area contributed by atoms with Crippen LogP contribution in [0.3, 0.4) is 0 Å². The number of nitrogens with zero attached hydrogens (tertiary/aromatic N) is 3. The van der Waals surface area contributed by atoms with E-state index in [1.807, 2.05) is 11.8 Å². The van der Waals surface area contributed by atoms with E-state index in [2.05, 4.69) is 9.80 Å². The van der Waals surface area contributed by atoms with Gasteiger partial charge in [-0.3, -0.25) is 9.69 Å². The summed E-state index contributed by atoms with van der Waals surface area (Å²) in [6.45, 7) is 7.07. The second-order valence-corrected chi connectivity index (χ2v) is 7.96. The van der Waals surface area contributed by atoms with Gasteiger partial charge in [0.25, 0.3) is 0 Å². The van der Waals surface area contributed by atoms with Gasteiger partial charge in [0.2, 0.25) is 0 Å². The van der Waals surface area contributed by atoms with Crippen LogP contribution in [-0.4, -0.2) is 91.3 Å². The van der Waals surface area contributed by atoms with E-state index < -0.39 is 0 Å². The number of piperidine rings is 1. The molecular weight excluding hydrogens is 346 g/mol. The van der Waals surface area contributed by atoms with Crippen molar-refractivity contribution >= 4 is 12.1 Å². The first kappa shape index (κ1) is 20.4. The van der Waals surface area contributed by atoms with Gasteiger partial charge in [-0.25, -0.2) is 4.79 Å². The molecule has 0 radical (unpaired) electrons. The van der Waals surface area contributed by atoms with Crippen molar-refractivity contribution in [2.45, 2.75) is 70.0 Å². The highest BCUT2D eigenvalue weighted by Gasteiger charge is 2.38. The quantitative estimate of drug-likeness (QED) is 0.695. The van der Waals surface area contributed by atoms with Crippen LogP contribution >= 0.6 is 0 Å². The normalized spacial score (nSPS) is 28.7. The molecule has 0 aromatic carbocycles. The highest BCUT2D eigenvalue weighted by Crippen LogP contribution is 2.29. The maximum absolute atomic E-state index is 12.0. The number of rotatable bonds is 4. The molecule has 2 unspecified atom stereocenters. The van der Waals surface area contributed by atoms with Crippen molar-refractivity contribution in [3.8, 4) is 0 Å². The van der Waals surface area contributed by atoms with Crippen LogP contribution in [0.25, 0.3) is 0 Å². The molecule has 3 aliphatic heterocycles. The second kappa shape index (κ2) is 9.73. The van der Waals surface area contributed by atoms with Gasteiger partial charge in [-0.15, -0.1) is 0 Å². The van der Waals surface area contributed by atoms with Gasteiger partial charge < -0.3 is 19.3 Å². The summed E-state index contributed by atoms with van der Waals surface area (Å²) >= 11 is 0. The van der Waals surface area contributed by atoms with E-state index in [-0.39, 0.29) is 18.1 Å². The first-order valence-corrected chi connectivity index (χ1v) is 10.6. The Kier molecular flexibility index (Phi) is 7.35. The largest absolute Gasteiger partial charge is 0.468 e. The van der Waals surface area contributed by atoms with Gasteiger partial charge in [0, 0.05) is 25.2 Å². The lowest BCUT2D eigenvalue weighted by molar-refractivity contribution is -0.147. The molecule has 0 saturated carbocycles. The van der Waals surface area contributed by atoms with Crippen LogP contribution in [-0.2, 0) is 14.3 Å². The minimum Gasteiger partial charge on any atom is -0.468 e. The van der Waals surface area contributed by atoms with Crippen molar-refractivity contribution in [3.63, 3.8) is 0 Å². The molecule has 3 heterocycles. The fraction of sp³-hybridized carbons (Fsp3) is 0.900. The topological polar surface area (TPSA) is 62.3 Å². The molecule has 7 nitrogen and oxygen atoms in total. The van der Waals surface area contributed by atoms with E-state index in [4.69, 9.17) is 9.47 Å². The van der Waals surface area contributed by atoms with Gasteiger partial charge in [-0.2, -0.15) is 0 Å². The van der Waals surface area contributed by atoms with E-state index >= 15 is 0 Å². The molecule has 3 aliphatic rings. The van der Waals surface area contributed by atoms with Crippen molar-refractivity contribution in [1.29, 1.82) is 0 Å². The van der Waals surface area contributed by atoms with Gasteiger partial charge in [-0.05, 0) is 71.5 Å². The predicted molar refractivity (Wildman–Crippen MR) is 103 cm³/mol. The summed E-state index contributed by atoms with van der Waals surface area (Å²) in [5.74, 6) is -0.0715. The van der Waals surface area contributed by atoms with Gasteiger partial charge >= 0.3 is 12.1 Å². The van der Waals surface area contributed by atoms with Crippen LogP contribution in [0.5, 0.6) is 0 Å². The monoisotopic (exact) mass is 381 g/mol. The Bertz CT molecular complexity index is 507. The lowest BCUT2D eigenvalue weighted by Crippen LogP contribution is -2.51. The number of ether oxygens (including phenoxy) is 2. The Labute approximate surface area is 162 Å². The van der Waals surface area contributed by atoms with Crippen molar-refractivity contribution in [3.05, 3.63) is 0 Å². The fourth-order valence-electron chi connectivity index (χ4n) is 5.04. The van der Waals surface area contributed by atoms with Crippen molar-refractivity contribution in [2.24, 2.45) is 0 Å². The lowest BCUT2D eigenvalue weighted by atomic mass is 9.98. The zero-order valence-electron chi connectivity index (χ0n) is 16.9. The van der Waals surface area contributed by atoms with Crippen molar-refractivity contribution in [1.82, 2.24) is 14.7 Å². The molecule has 0 aromatic rings. The van der Waals surface area contributed by atoms with Crippen LogP contribution in [0.2, 0.25) is 0 Å². The van der Waals surface area contributed by atoms with Crippen LogP contribution in [0.15, 0.2) is 0 Å². The van der Waals surface area contributed by atoms with Crippen molar-refractivity contribution < 1.29 is 19.1 Å². The molecule has 0 aromatic heterocycles. The van der Waals surface area contributed by atoms with E-state index in [0.717, 1.165) is 77.7 Å². The number of likely N-dealkylation sites (tertiary alicyclic amines) is 3. The molecule has 7 heteroatoms. The highest BCUT2D eigenvalue weighted by molar-refractivity contribution is 5.76. The van der Waals surface area contributed by atoms with Crippen LogP contribution < -0.4 is 0 Å². The third-order valence-corrected chi connectivity index (χ3v) is 6.48. The predicted octanol–water partition coefficient (Wildman–Crippen LogP) is 2.10. The Hall–Kier alpha value is -1.34. The van der Waals surface area contributed by atoms with Crippen molar-refractivity contribution in [2.75, 3.05) is 46.4 Å². The fourth-order valence-corrected chi connectivity index (χ4v) is 5.04. The molecule has 1 amide bonds. The molecule has 0 N–H and O–H groups in total. The minimum atomic E-state index is -0.167. The van der Waals surface area contributed by atoms with Gasteiger partial charge in [0.05, 0.1) is 13.7 Å². The first-order chi connectivity index (χ1) is 13.1. The standard InChI is InChI=1S/C20H35N3O4/c1-3-27-20(25)22-11-4-6-16(8-15-22)21-13-9-17(10-14-21)23-12-5-7-18(23)19(24)26-2/h16-18H,3-15H2,1-2H3. The summed E-state index contributed by atoms with van der Waals surface area (Å²) in [5.41, 5.74) is 0. The molecule has 0 spiro atoms. The molecule has 2 atom stereocenters. The van der Waals surface area contributed by atoms with Gasteiger partial charge in [0.1, 0.15) is 6.04 Å². The zero-order chi connectivity index (χ0) is 19.2. The zero-order valence-corrected chi connectivity index (χ0v) is 16.9. The summed E-state index contributed by atoms with van der Waals surface area (Å²) in [6.07, 6.45) is 7.30. The first-order valence-electron chi connectivity index (χ1n) is 10.6. The van der Waals surface area contributed by atoms with Crippen LogP contribution in [0, 0.1) is 0 Å². The smallest absolute Gasteiger partial charge is 0.409 e. The Morgan fingerprint density at radius 1 is 0.889 bits per heavy atom. The molecule has 3 rings (SSSR count). The Morgan fingerprint density at radius 2 is 1.59 bits per heavy atom. The Balaban J connectivity index is 1.48. The average molecular weight is 382 g/mol. The average Bonchev–Trinajstić information content (AvgIpc) is 3.05. The number of hydrogen-bond acceptors (Lipinski definition) is 6.